The SMILES string of the molecule is COc1ccc(C(=O)N(Cc2ccco2)[C@H](C)C(=O)NC[C@@H]2CCCO2)cc1OC. The Balaban J connectivity index is 1.78. The molecule has 30 heavy (non-hydrogen) atoms. The van der Waals surface area contributed by atoms with Crippen LogP contribution in [0, 0.1) is 0 Å². The quantitative estimate of drug-likeness (QED) is 0.676. The predicted molar refractivity (Wildman–Crippen MR) is 110 cm³/mol. The van der Waals surface area contributed by atoms with Gasteiger partial charge in [-0.1, -0.05) is 0 Å². The lowest BCUT2D eigenvalue weighted by Gasteiger charge is -2.28. The first-order valence-electron chi connectivity index (χ1n) is 9.98. The van der Waals surface area contributed by atoms with Crippen LogP contribution in [-0.2, 0) is 16.1 Å². The van der Waals surface area contributed by atoms with Gasteiger partial charge in [0.05, 0.1) is 33.1 Å². The van der Waals surface area contributed by atoms with Gasteiger partial charge in [-0.05, 0) is 50.1 Å². The highest BCUT2D eigenvalue weighted by molar-refractivity contribution is 5.98. The van der Waals surface area contributed by atoms with Crippen molar-refractivity contribution in [2.75, 3.05) is 27.4 Å². The molecule has 8 heteroatoms. The Kier molecular flexibility index (Phi) is 7.35. The summed E-state index contributed by atoms with van der Waals surface area (Å²) < 4.78 is 21.5. The zero-order valence-electron chi connectivity index (χ0n) is 17.6. The molecule has 0 aliphatic carbocycles. The van der Waals surface area contributed by atoms with E-state index in [0.29, 0.717) is 29.4 Å². The Hall–Kier alpha value is -3.00. The summed E-state index contributed by atoms with van der Waals surface area (Å²) in [6, 6.07) is 7.72. The number of furan rings is 1. The van der Waals surface area contributed by atoms with Gasteiger partial charge in [0.25, 0.3) is 5.91 Å². The van der Waals surface area contributed by atoms with Gasteiger partial charge in [-0.15, -0.1) is 0 Å². The topological polar surface area (TPSA) is 90.2 Å². The second-order valence-electron chi connectivity index (χ2n) is 7.14. The molecule has 1 aliphatic heterocycles. The van der Waals surface area contributed by atoms with E-state index in [1.807, 2.05) is 0 Å². The molecule has 1 aromatic carbocycles. The molecule has 0 spiro atoms. The molecule has 0 saturated carbocycles. The Morgan fingerprint density at radius 2 is 2.03 bits per heavy atom. The zero-order valence-corrected chi connectivity index (χ0v) is 17.6. The van der Waals surface area contributed by atoms with Crippen molar-refractivity contribution < 1.29 is 28.2 Å². The zero-order chi connectivity index (χ0) is 21.5. The minimum atomic E-state index is -0.711. The van der Waals surface area contributed by atoms with Gasteiger partial charge in [0, 0.05) is 18.7 Å². The molecule has 162 valence electrons. The van der Waals surface area contributed by atoms with Crippen LogP contribution in [0.2, 0.25) is 0 Å². The van der Waals surface area contributed by atoms with Crippen LogP contribution in [0.1, 0.15) is 35.9 Å². The van der Waals surface area contributed by atoms with E-state index in [9.17, 15) is 9.59 Å². The lowest BCUT2D eigenvalue weighted by molar-refractivity contribution is -0.125. The fraction of sp³-hybridized carbons (Fsp3) is 0.455. The van der Waals surface area contributed by atoms with Crippen LogP contribution < -0.4 is 14.8 Å². The molecule has 0 unspecified atom stereocenters. The summed E-state index contributed by atoms with van der Waals surface area (Å²) in [5.74, 6) is 0.992. The Labute approximate surface area is 176 Å². The van der Waals surface area contributed by atoms with E-state index in [1.165, 1.54) is 25.4 Å². The molecule has 1 saturated heterocycles. The standard InChI is InChI=1S/C22H28N2O6/c1-15(21(25)23-13-17-6-4-10-29-17)24(14-18-7-5-11-30-18)22(26)16-8-9-19(27-2)20(12-16)28-3/h5,7-9,11-12,15,17H,4,6,10,13-14H2,1-3H3,(H,23,25)/t15-,17+/m1/s1. The van der Waals surface area contributed by atoms with E-state index in [0.717, 1.165) is 19.4 Å². The Morgan fingerprint density at radius 1 is 1.23 bits per heavy atom. The molecule has 8 nitrogen and oxygen atoms in total. The molecule has 0 bridgehead atoms. The summed E-state index contributed by atoms with van der Waals surface area (Å²) >= 11 is 0. The second kappa shape index (κ2) is 10.2. The fourth-order valence-electron chi connectivity index (χ4n) is 3.40. The fourth-order valence-corrected chi connectivity index (χ4v) is 3.40. The van der Waals surface area contributed by atoms with Crippen LogP contribution in [-0.4, -0.2) is 56.2 Å². The van der Waals surface area contributed by atoms with Crippen molar-refractivity contribution in [2.24, 2.45) is 0 Å². The van der Waals surface area contributed by atoms with Crippen molar-refractivity contribution in [1.82, 2.24) is 10.2 Å². The molecule has 2 heterocycles. The normalized spacial score (nSPS) is 16.7. The summed E-state index contributed by atoms with van der Waals surface area (Å²) in [6.07, 6.45) is 3.49. The average Bonchev–Trinajstić information content (AvgIpc) is 3.48. The largest absolute Gasteiger partial charge is 0.493 e. The predicted octanol–water partition coefficient (Wildman–Crippen LogP) is 2.62. The van der Waals surface area contributed by atoms with Crippen molar-refractivity contribution in [2.45, 2.75) is 38.5 Å². The Bertz CT molecular complexity index is 845. The highest BCUT2D eigenvalue weighted by atomic mass is 16.5. The highest BCUT2D eigenvalue weighted by Crippen LogP contribution is 2.28. The van der Waals surface area contributed by atoms with Gasteiger partial charge in [0.15, 0.2) is 11.5 Å². The summed E-state index contributed by atoms with van der Waals surface area (Å²) in [5, 5.41) is 2.90. The molecule has 1 N–H and O–H groups in total. The molecule has 2 amide bonds. The number of carbonyl (C=O) groups excluding carboxylic acids is 2. The second-order valence-corrected chi connectivity index (χ2v) is 7.14. The van der Waals surface area contributed by atoms with E-state index in [4.69, 9.17) is 18.6 Å². The maximum Gasteiger partial charge on any atom is 0.255 e. The third-order valence-electron chi connectivity index (χ3n) is 5.17. The van der Waals surface area contributed by atoms with Gasteiger partial charge in [-0.25, -0.2) is 0 Å². The summed E-state index contributed by atoms with van der Waals surface area (Å²) in [5.41, 5.74) is 0.387. The van der Waals surface area contributed by atoms with Crippen molar-refractivity contribution in [3.8, 4) is 11.5 Å². The number of methoxy groups -OCH3 is 2. The van der Waals surface area contributed by atoms with Gasteiger partial charge in [-0.3, -0.25) is 9.59 Å². The number of rotatable bonds is 9. The molecule has 2 aromatic rings. The van der Waals surface area contributed by atoms with Crippen molar-refractivity contribution >= 4 is 11.8 Å². The van der Waals surface area contributed by atoms with E-state index < -0.39 is 6.04 Å². The molecule has 3 rings (SSSR count). The molecule has 1 aliphatic rings. The Morgan fingerprint density at radius 3 is 2.67 bits per heavy atom. The first-order chi connectivity index (χ1) is 14.5. The number of hydrogen-bond acceptors (Lipinski definition) is 6. The lowest BCUT2D eigenvalue weighted by atomic mass is 10.1. The highest BCUT2D eigenvalue weighted by Gasteiger charge is 2.29. The number of benzene rings is 1. The van der Waals surface area contributed by atoms with Gasteiger partial charge >= 0.3 is 0 Å². The maximum absolute atomic E-state index is 13.3. The summed E-state index contributed by atoms with van der Waals surface area (Å²) in [6.45, 7) is 3.02. The summed E-state index contributed by atoms with van der Waals surface area (Å²) in [4.78, 5) is 27.6. The van der Waals surface area contributed by atoms with E-state index in [1.54, 1.807) is 37.3 Å². The van der Waals surface area contributed by atoms with Gasteiger partial charge in [0.1, 0.15) is 11.8 Å². The van der Waals surface area contributed by atoms with E-state index in [-0.39, 0.29) is 24.5 Å². The van der Waals surface area contributed by atoms with Crippen LogP contribution in [0.25, 0.3) is 0 Å². The molecule has 1 aromatic heterocycles. The molecule has 1 fully saturated rings. The number of nitrogens with one attached hydrogen (secondary N) is 1. The lowest BCUT2D eigenvalue weighted by Crippen LogP contribution is -2.48. The molecule has 0 radical (unpaired) electrons. The summed E-state index contributed by atoms with van der Waals surface area (Å²) in [7, 11) is 3.04. The number of amides is 2. The molecular weight excluding hydrogens is 388 g/mol. The van der Waals surface area contributed by atoms with Gasteiger partial charge in [0.2, 0.25) is 5.91 Å². The monoisotopic (exact) mass is 416 g/mol. The maximum atomic E-state index is 13.3. The van der Waals surface area contributed by atoms with Gasteiger partial charge < -0.3 is 28.8 Å². The van der Waals surface area contributed by atoms with Crippen LogP contribution in [0.3, 0.4) is 0 Å². The first kappa shape index (κ1) is 21.7. The number of hydrogen-bond donors (Lipinski definition) is 1. The minimum Gasteiger partial charge on any atom is -0.493 e. The molecule has 2 atom stereocenters. The smallest absolute Gasteiger partial charge is 0.255 e. The number of carbonyl (C=O) groups is 2. The van der Waals surface area contributed by atoms with Crippen molar-refractivity contribution in [1.29, 1.82) is 0 Å². The average molecular weight is 416 g/mol. The third-order valence-corrected chi connectivity index (χ3v) is 5.17. The van der Waals surface area contributed by atoms with Crippen LogP contribution in [0.15, 0.2) is 41.0 Å². The first-order valence-corrected chi connectivity index (χ1v) is 9.98. The minimum absolute atomic E-state index is 0.0289. The van der Waals surface area contributed by atoms with Crippen molar-refractivity contribution in [3.05, 3.63) is 47.9 Å². The molecular formula is C22H28N2O6. The van der Waals surface area contributed by atoms with Crippen LogP contribution >= 0.6 is 0 Å². The van der Waals surface area contributed by atoms with Crippen LogP contribution in [0.5, 0.6) is 11.5 Å². The number of ether oxygens (including phenoxy) is 3. The van der Waals surface area contributed by atoms with Crippen molar-refractivity contribution in [3.63, 3.8) is 0 Å². The van der Waals surface area contributed by atoms with E-state index >= 15 is 0 Å². The van der Waals surface area contributed by atoms with Crippen LogP contribution in [0.4, 0.5) is 0 Å². The third kappa shape index (κ3) is 5.13. The van der Waals surface area contributed by atoms with E-state index in [2.05, 4.69) is 5.32 Å². The number of nitrogens with zero attached hydrogens (tertiary/aromatic N) is 1. The van der Waals surface area contributed by atoms with Gasteiger partial charge in [-0.2, -0.15) is 0 Å².